The Morgan fingerprint density at radius 3 is 2.62 bits per heavy atom. The van der Waals surface area contributed by atoms with E-state index in [1.807, 2.05) is 13.1 Å². The van der Waals surface area contributed by atoms with Gasteiger partial charge >= 0.3 is 0 Å². The van der Waals surface area contributed by atoms with Crippen molar-refractivity contribution >= 4 is 17.3 Å². The van der Waals surface area contributed by atoms with Crippen LogP contribution in [0.3, 0.4) is 0 Å². The molecule has 1 aliphatic heterocycles. The third-order valence-corrected chi connectivity index (χ3v) is 5.30. The van der Waals surface area contributed by atoms with E-state index in [2.05, 4.69) is 34.3 Å². The molecule has 0 bridgehead atoms. The lowest BCUT2D eigenvalue weighted by Gasteiger charge is -2.32. The number of nitrogens with zero attached hydrogens (tertiary/aromatic N) is 3. The van der Waals surface area contributed by atoms with E-state index in [1.165, 1.54) is 16.0 Å². The first kappa shape index (κ1) is 18.5. The van der Waals surface area contributed by atoms with Gasteiger partial charge in [-0.05, 0) is 43.5 Å². The van der Waals surface area contributed by atoms with E-state index in [-0.39, 0.29) is 0 Å². The fourth-order valence-corrected chi connectivity index (χ4v) is 3.84. The topological polar surface area (TPSA) is 59.0 Å². The van der Waals surface area contributed by atoms with Crippen LogP contribution < -0.4 is 14.8 Å². The molecular formula is C19H26N4O2S. The zero-order valence-corrected chi connectivity index (χ0v) is 16.7. The highest BCUT2D eigenvalue weighted by molar-refractivity contribution is 7.11. The minimum absolute atomic E-state index is 0.656. The van der Waals surface area contributed by atoms with Gasteiger partial charge in [0.15, 0.2) is 17.5 Å². The normalized spacial score (nSPS) is 14.2. The number of aliphatic imine (C=N–C) groups is 1. The van der Waals surface area contributed by atoms with Crippen molar-refractivity contribution in [1.29, 1.82) is 0 Å². The van der Waals surface area contributed by atoms with Crippen molar-refractivity contribution < 1.29 is 9.47 Å². The molecule has 0 unspecified atom stereocenters. The van der Waals surface area contributed by atoms with Crippen molar-refractivity contribution in [2.24, 2.45) is 4.99 Å². The van der Waals surface area contributed by atoms with E-state index < -0.39 is 0 Å². The molecule has 0 fully saturated rings. The number of benzene rings is 1. The lowest BCUT2D eigenvalue weighted by Crippen LogP contribution is -2.44. The zero-order chi connectivity index (χ0) is 18.5. The Morgan fingerprint density at radius 1 is 1.27 bits per heavy atom. The summed E-state index contributed by atoms with van der Waals surface area (Å²) in [6.45, 7) is 7.35. The summed E-state index contributed by atoms with van der Waals surface area (Å²) in [4.78, 5) is 12.6. The van der Waals surface area contributed by atoms with E-state index in [0.717, 1.165) is 48.5 Å². The fourth-order valence-electron chi connectivity index (χ4n) is 3.12. The van der Waals surface area contributed by atoms with Crippen LogP contribution in [-0.4, -0.2) is 43.2 Å². The highest BCUT2D eigenvalue weighted by Crippen LogP contribution is 2.33. The summed E-state index contributed by atoms with van der Waals surface area (Å²) in [6, 6.07) is 4.17. The number of guanidine groups is 1. The molecule has 0 amide bonds. The summed E-state index contributed by atoms with van der Waals surface area (Å²) in [5.74, 6) is 2.51. The molecule has 0 saturated carbocycles. The molecule has 1 aromatic carbocycles. The molecule has 2 heterocycles. The van der Waals surface area contributed by atoms with E-state index in [9.17, 15) is 0 Å². The molecule has 0 saturated heterocycles. The van der Waals surface area contributed by atoms with Crippen LogP contribution in [0.5, 0.6) is 11.5 Å². The van der Waals surface area contributed by atoms with Crippen LogP contribution in [-0.2, 0) is 19.5 Å². The van der Waals surface area contributed by atoms with Crippen molar-refractivity contribution in [3.8, 4) is 11.5 Å². The minimum Gasteiger partial charge on any atom is -0.493 e. The standard InChI is InChI=1S/C19H26N4O2S/c1-5-20-19(22-11-16-10-21-13(2)26-16)23-7-6-14-8-17(24-3)18(25-4)9-15(14)12-23/h8-10H,5-7,11-12H2,1-4H3,(H,20,22). The molecule has 140 valence electrons. The summed E-state index contributed by atoms with van der Waals surface area (Å²) < 4.78 is 10.9. The molecule has 0 aliphatic carbocycles. The summed E-state index contributed by atoms with van der Waals surface area (Å²) in [6.07, 6.45) is 2.87. The van der Waals surface area contributed by atoms with E-state index in [1.54, 1.807) is 25.6 Å². The lowest BCUT2D eigenvalue weighted by atomic mass is 9.99. The van der Waals surface area contributed by atoms with Gasteiger partial charge in [0.05, 0.1) is 25.8 Å². The third kappa shape index (κ3) is 4.09. The summed E-state index contributed by atoms with van der Waals surface area (Å²) in [7, 11) is 3.35. The predicted molar refractivity (Wildman–Crippen MR) is 105 cm³/mol. The fraction of sp³-hybridized carbons (Fsp3) is 0.474. The molecule has 0 atom stereocenters. The van der Waals surface area contributed by atoms with Gasteiger partial charge in [0, 0.05) is 30.7 Å². The Hall–Kier alpha value is -2.28. The first-order valence-electron chi connectivity index (χ1n) is 8.83. The molecule has 1 aromatic heterocycles. The third-order valence-electron chi connectivity index (χ3n) is 4.41. The summed E-state index contributed by atoms with van der Waals surface area (Å²) >= 11 is 1.70. The van der Waals surface area contributed by atoms with Crippen LogP contribution >= 0.6 is 11.3 Å². The molecule has 3 rings (SSSR count). The van der Waals surface area contributed by atoms with Gasteiger partial charge < -0.3 is 19.7 Å². The molecule has 1 N–H and O–H groups in total. The quantitative estimate of drug-likeness (QED) is 0.644. The molecule has 6 nitrogen and oxygen atoms in total. The molecule has 0 radical (unpaired) electrons. The van der Waals surface area contributed by atoms with Crippen molar-refractivity contribution in [1.82, 2.24) is 15.2 Å². The molecule has 26 heavy (non-hydrogen) atoms. The van der Waals surface area contributed by atoms with Crippen molar-refractivity contribution in [3.05, 3.63) is 39.3 Å². The van der Waals surface area contributed by atoms with E-state index >= 15 is 0 Å². The largest absolute Gasteiger partial charge is 0.493 e. The van der Waals surface area contributed by atoms with Gasteiger partial charge in [-0.25, -0.2) is 9.98 Å². The smallest absolute Gasteiger partial charge is 0.194 e. The number of hydrogen-bond donors (Lipinski definition) is 1. The molecule has 2 aromatic rings. The predicted octanol–water partition coefficient (Wildman–Crippen LogP) is 2.99. The number of nitrogens with one attached hydrogen (secondary N) is 1. The number of aryl methyl sites for hydroxylation is 1. The number of fused-ring (bicyclic) bond motifs is 1. The van der Waals surface area contributed by atoms with Gasteiger partial charge in [-0.1, -0.05) is 0 Å². The van der Waals surface area contributed by atoms with Crippen LogP contribution in [0.2, 0.25) is 0 Å². The maximum Gasteiger partial charge on any atom is 0.194 e. The number of ether oxygens (including phenoxy) is 2. The van der Waals surface area contributed by atoms with Crippen LogP contribution in [0.4, 0.5) is 0 Å². The van der Waals surface area contributed by atoms with Gasteiger partial charge in [-0.3, -0.25) is 0 Å². The Kier molecular flexibility index (Phi) is 5.98. The first-order valence-corrected chi connectivity index (χ1v) is 9.64. The Bertz CT molecular complexity index is 788. The first-order chi connectivity index (χ1) is 12.6. The van der Waals surface area contributed by atoms with E-state index in [0.29, 0.717) is 6.54 Å². The number of methoxy groups -OCH3 is 2. The lowest BCUT2D eigenvalue weighted by molar-refractivity contribution is 0.346. The van der Waals surface area contributed by atoms with Crippen LogP contribution in [0.15, 0.2) is 23.3 Å². The molecule has 0 spiro atoms. The zero-order valence-electron chi connectivity index (χ0n) is 15.8. The van der Waals surface area contributed by atoms with Gasteiger partial charge in [0.1, 0.15) is 0 Å². The van der Waals surface area contributed by atoms with Crippen LogP contribution in [0.25, 0.3) is 0 Å². The Balaban J connectivity index is 1.79. The average Bonchev–Trinajstić information content (AvgIpc) is 3.08. The van der Waals surface area contributed by atoms with Crippen molar-refractivity contribution in [3.63, 3.8) is 0 Å². The van der Waals surface area contributed by atoms with E-state index in [4.69, 9.17) is 14.5 Å². The van der Waals surface area contributed by atoms with Crippen LogP contribution in [0.1, 0.15) is 27.9 Å². The number of aromatic nitrogens is 1. The second-order valence-corrected chi connectivity index (χ2v) is 7.48. The van der Waals surface area contributed by atoms with Crippen LogP contribution in [0, 0.1) is 6.92 Å². The number of hydrogen-bond acceptors (Lipinski definition) is 5. The van der Waals surface area contributed by atoms with Gasteiger partial charge in [-0.15, -0.1) is 11.3 Å². The minimum atomic E-state index is 0.656. The molecule has 7 heteroatoms. The molecule has 1 aliphatic rings. The average molecular weight is 375 g/mol. The van der Waals surface area contributed by atoms with Crippen molar-refractivity contribution in [2.75, 3.05) is 27.3 Å². The van der Waals surface area contributed by atoms with Gasteiger partial charge in [0.2, 0.25) is 0 Å². The summed E-state index contributed by atoms with van der Waals surface area (Å²) in [5, 5.41) is 4.49. The SMILES string of the molecule is CCNC(=NCc1cnc(C)s1)N1CCc2cc(OC)c(OC)cc2C1. The Morgan fingerprint density at radius 2 is 2.00 bits per heavy atom. The number of rotatable bonds is 5. The maximum atomic E-state index is 5.46. The maximum absolute atomic E-state index is 5.46. The van der Waals surface area contributed by atoms with Crippen molar-refractivity contribution in [2.45, 2.75) is 33.4 Å². The van der Waals surface area contributed by atoms with Gasteiger partial charge in [-0.2, -0.15) is 0 Å². The number of thiazole rings is 1. The molecular weight excluding hydrogens is 348 g/mol. The second-order valence-electron chi connectivity index (χ2n) is 6.16. The highest BCUT2D eigenvalue weighted by atomic mass is 32.1. The summed E-state index contributed by atoms with van der Waals surface area (Å²) in [5.41, 5.74) is 2.57. The second kappa shape index (κ2) is 8.40. The highest BCUT2D eigenvalue weighted by Gasteiger charge is 2.21. The Labute approximate surface area is 158 Å². The van der Waals surface area contributed by atoms with Gasteiger partial charge in [0.25, 0.3) is 0 Å². The monoisotopic (exact) mass is 374 g/mol.